The number of hydrogen-bond acceptors (Lipinski definition) is 3. The lowest BCUT2D eigenvalue weighted by atomic mass is 10.2. The van der Waals surface area contributed by atoms with E-state index in [1.54, 1.807) is 0 Å². The van der Waals surface area contributed by atoms with E-state index < -0.39 is 6.03 Å². The van der Waals surface area contributed by atoms with Gasteiger partial charge in [-0.2, -0.15) is 0 Å². The number of imide groups is 1. The van der Waals surface area contributed by atoms with Crippen LogP contribution in [-0.2, 0) is 11.3 Å². The molecule has 1 rings (SSSR count). The van der Waals surface area contributed by atoms with Crippen LogP contribution in [0.3, 0.4) is 0 Å². The number of likely N-dealkylation sites (N-methyl/N-ethyl adjacent to an activating group) is 1. The van der Waals surface area contributed by atoms with Gasteiger partial charge in [0.25, 0.3) is 0 Å². The van der Waals surface area contributed by atoms with Gasteiger partial charge in [-0.1, -0.05) is 35.0 Å². The second-order valence-corrected chi connectivity index (χ2v) is 5.52. The van der Waals surface area contributed by atoms with E-state index in [4.69, 9.17) is 0 Å². The maximum absolute atomic E-state index is 11.7. The normalized spacial score (nSPS) is 10.4. The smallest absolute Gasteiger partial charge is 0.321 e. The highest BCUT2D eigenvalue weighted by Gasteiger charge is 2.10. The van der Waals surface area contributed by atoms with Gasteiger partial charge in [0.2, 0.25) is 5.91 Å². The standard InChI is InChI=1S/C14H20BrN3O2/c1-3-8-16-14(20)17-13(19)10-18(2)9-11-4-6-12(15)7-5-11/h4-7H,3,8-10H2,1-2H3,(H2,16,17,19,20). The number of rotatable bonds is 6. The zero-order valence-electron chi connectivity index (χ0n) is 11.8. The lowest BCUT2D eigenvalue weighted by Gasteiger charge is -2.16. The molecule has 1 aromatic rings. The van der Waals surface area contributed by atoms with Gasteiger partial charge in [-0.25, -0.2) is 4.79 Å². The van der Waals surface area contributed by atoms with Crippen molar-refractivity contribution >= 4 is 27.9 Å². The molecule has 0 heterocycles. The number of urea groups is 1. The van der Waals surface area contributed by atoms with Crippen LogP contribution in [0.1, 0.15) is 18.9 Å². The van der Waals surface area contributed by atoms with E-state index in [0.29, 0.717) is 13.1 Å². The molecule has 110 valence electrons. The average molecular weight is 342 g/mol. The number of hydrogen-bond donors (Lipinski definition) is 2. The van der Waals surface area contributed by atoms with Crippen LogP contribution in [0.25, 0.3) is 0 Å². The summed E-state index contributed by atoms with van der Waals surface area (Å²) in [6, 6.07) is 7.47. The number of carbonyl (C=O) groups is 2. The van der Waals surface area contributed by atoms with Crippen molar-refractivity contribution in [2.24, 2.45) is 0 Å². The van der Waals surface area contributed by atoms with Crippen molar-refractivity contribution in [3.63, 3.8) is 0 Å². The third-order valence-electron chi connectivity index (χ3n) is 2.57. The Bertz CT molecular complexity index is 448. The molecule has 3 amide bonds. The Labute approximate surface area is 127 Å². The molecule has 0 aliphatic carbocycles. The molecule has 0 spiro atoms. The third-order valence-corrected chi connectivity index (χ3v) is 3.10. The topological polar surface area (TPSA) is 61.4 Å². The second kappa shape index (κ2) is 8.71. The van der Waals surface area contributed by atoms with Crippen molar-refractivity contribution in [3.05, 3.63) is 34.3 Å². The van der Waals surface area contributed by atoms with Gasteiger partial charge in [0.05, 0.1) is 6.54 Å². The minimum Gasteiger partial charge on any atom is -0.338 e. The Balaban J connectivity index is 2.34. The van der Waals surface area contributed by atoms with Crippen molar-refractivity contribution in [2.75, 3.05) is 20.1 Å². The summed E-state index contributed by atoms with van der Waals surface area (Å²) in [5.41, 5.74) is 1.11. The fraction of sp³-hybridized carbons (Fsp3) is 0.429. The summed E-state index contributed by atoms with van der Waals surface area (Å²) >= 11 is 3.38. The summed E-state index contributed by atoms with van der Waals surface area (Å²) < 4.78 is 1.02. The predicted molar refractivity (Wildman–Crippen MR) is 82.3 cm³/mol. The summed E-state index contributed by atoms with van der Waals surface area (Å²) in [5.74, 6) is -0.307. The largest absolute Gasteiger partial charge is 0.338 e. The van der Waals surface area contributed by atoms with Gasteiger partial charge >= 0.3 is 6.03 Å². The number of nitrogens with one attached hydrogen (secondary N) is 2. The van der Waals surface area contributed by atoms with Crippen LogP contribution in [0, 0.1) is 0 Å². The van der Waals surface area contributed by atoms with Crippen LogP contribution in [0.4, 0.5) is 4.79 Å². The Morgan fingerprint density at radius 2 is 1.90 bits per heavy atom. The monoisotopic (exact) mass is 341 g/mol. The highest BCUT2D eigenvalue weighted by Crippen LogP contribution is 2.11. The first kappa shape index (κ1) is 16.7. The summed E-state index contributed by atoms with van der Waals surface area (Å²) in [6.45, 7) is 3.34. The van der Waals surface area contributed by atoms with Crippen molar-refractivity contribution in [1.82, 2.24) is 15.5 Å². The van der Waals surface area contributed by atoms with Gasteiger partial charge in [0.1, 0.15) is 0 Å². The molecule has 2 N–H and O–H groups in total. The van der Waals surface area contributed by atoms with E-state index in [1.807, 2.05) is 43.1 Å². The molecule has 0 fully saturated rings. The molecule has 0 bridgehead atoms. The third kappa shape index (κ3) is 6.68. The van der Waals surface area contributed by atoms with E-state index in [2.05, 4.69) is 26.6 Å². The zero-order chi connectivity index (χ0) is 15.0. The first-order valence-corrected chi connectivity index (χ1v) is 7.31. The van der Waals surface area contributed by atoms with Gasteiger partial charge in [0.15, 0.2) is 0 Å². The number of carbonyl (C=O) groups excluding carboxylic acids is 2. The number of nitrogens with zero attached hydrogens (tertiary/aromatic N) is 1. The molecule has 0 aliphatic rings. The predicted octanol–water partition coefficient (Wildman–Crippen LogP) is 2.12. The molecule has 5 nitrogen and oxygen atoms in total. The molecule has 0 unspecified atom stereocenters. The Kier molecular flexibility index (Phi) is 7.25. The fourth-order valence-corrected chi connectivity index (χ4v) is 1.92. The van der Waals surface area contributed by atoms with Crippen LogP contribution in [0.5, 0.6) is 0 Å². The zero-order valence-corrected chi connectivity index (χ0v) is 13.4. The van der Waals surface area contributed by atoms with Gasteiger partial charge in [-0.05, 0) is 31.2 Å². The number of amides is 3. The van der Waals surface area contributed by atoms with Crippen molar-refractivity contribution in [2.45, 2.75) is 19.9 Å². The van der Waals surface area contributed by atoms with Gasteiger partial charge in [-0.15, -0.1) is 0 Å². The molecular weight excluding hydrogens is 322 g/mol. The van der Waals surface area contributed by atoms with Crippen molar-refractivity contribution in [3.8, 4) is 0 Å². The maximum Gasteiger partial charge on any atom is 0.321 e. The van der Waals surface area contributed by atoms with Crippen molar-refractivity contribution in [1.29, 1.82) is 0 Å². The van der Waals surface area contributed by atoms with Gasteiger partial charge in [0, 0.05) is 17.6 Å². The molecule has 0 aromatic heterocycles. The van der Waals surface area contributed by atoms with Crippen LogP contribution < -0.4 is 10.6 Å². The lowest BCUT2D eigenvalue weighted by Crippen LogP contribution is -2.43. The highest BCUT2D eigenvalue weighted by atomic mass is 79.9. The Morgan fingerprint density at radius 1 is 1.25 bits per heavy atom. The second-order valence-electron chi connectivity index (χ2n) is 4.60. The molecule has 1 aromatic carbocycles. The minimum atomic E-state index is -0.436. The Morgan fingerprint density at radius 3 is 2.50 bits per heavy atom. The summed E-state index contributed by atoms with van der Waals surface area (Å²) in [7, 11) is 1.84. The molecular formula is C14H20BrN3O2. The average Bonchev–Trinajstić information content (AvgIpc) is 2.38. The highest BCUT2D eigenvalue weighted by molar-refractivity contribution is 9.10. The molecule has 6 heteroatoms. The van der Waals surface area contributed by atoms with Crippen LogP contribution in [0.15, 0.2) is 28.7 Å². The van der Waals surface area contributed by atoms with Crippen molar-refractivity contribution < 1.29 is 9.59 Å². The molecule has 0 radical (unpaired) electrons. The molecule has 0 atom stereocenters. The summed E-state index contributed by atoms with van der Waals surface area (Å²) in [6.07, 6.45) is 0.838. The maximum atomic E-state index is 11.7. The quantitative estimate of drug-likeness (QED) is 0.833. The number of benzene rings is 1. The Hall–Kier alpha value is -1.40. The first-order chi connectivity index (χ1) is 9.51. The van der Waals surface area contributed by atoms with E-state index in [-0.39, 0.29) is 12.5 Å². The van der Waals surface area contributed by atoms with Crippen LogP contribution in [0.2, 0.25) is 0 Å². The van der Waals surface area contributed by atoms with Gasteiger partial charge < -0.3 is 5.32 Å². The van der Waals surface area contributed by atoms with E-state index in [9.17, 15) is 9.59 Å². The SMILES string of the molecule is CCCNC(=O)NC(=O)CN(C)Cc1ccc(Br)cc1. The van der Waals surface area contributed by atoms with Gasteiger partial charge in [-0.3, -0.25) is 15.0 Å². The van der Waals surface area contributed by atoms with E-state index in [1.165, 1.54) is 0 Å². The fourth-order valence-electron chi connectivity index (χ4n) is 1.65. The van der Waals surface area contributed by atoms with E-state index >= 15 is 0 Å². The first-order valence-electron chi connectivity index (χ1n) is 6.52. The molecule has 0 saturated carbocycles. The van der Waals surface area contributed by atoms with E-state index in [0.717, 1.165) is 16.5 Å². The lowest BCUT2D eigenvalue weighted by molar-refractivity contribution is -0.120. The molecule has 20 heavy (non-hydrogen) atoms. The van der Waals surface area contributed by atoms with Crippen LogP contribution in [-0.4, -0.2) is 37.0 Å². The molecule has 0 saturated heterocycles. The molecule has 0 aliphatic heterocycles. The summed E-state index contributed by atoms with van der Waals surface area (Å²) in [5, 5.41) is 4.90. The summed E-state index contributed by atoms with van der Waals surface area (Å²) in [4.78, 5) is 24.8. The number of halogens is 1. The van der Waals surface area contributed by atoms with Crippen LogP contribution >= 0.6 is 15.9 Å². The minimum absolute atomic E-state index is 0.176.